The molecular weight excluding hydrogens is 354 g/mol. The molecule has 1 aliphatic rings. The first kappa shape index (κ1) is 15.4. The second kappa shape index (κ2) is 5.19. The van der Waals surface area contributed by atoms with Crippen molar-refractivity contribution in [3.8, 4) is 11.5 Å². The van der Waals surface area contributed by atoms with Crippen molar-refractivity contribution in [3.05, 3.63) is 47.5 Å². The molecule has 3 N–H and O–H groups in total. The van der Waals surface area contributed by atoms with Crippen LogP contribution in [0.3, 0.4) is 0 Å². The van der Waals surface area contributed by atoms with E-state index in [-0.39, 0.29) is 5.91 Å². The van der Waals surface area contributed by atoms with Gasteiger partial charge in [0.25, 0.3) is 5.91 Å². The first-order valence-corrected chi connectivity index (χ1v) is 9.11. The van der Waals surface area contributed by atoms with Gasteiger partial charge in [-0.2, -0.15) is 0 Å². The molecule has 0 fully saturated rings. The van der Waals surface area contributed by atoms with Crippen LogP contribution in [-0.2, 0) is 6.54 Å². The SMILES string of the molecule is COc1ccc2[nH]c3c4[nH]c5ccc(OC)cc5c4c4c(c3c2c1)CNC4=O. The Labute approximate surface area is 159 Å². The molecule has 0 spiro atoms. The van der Waals surface area contributed by atoms with E-state index in [0.717, 1.165) is 66.2 Å². The Kier molecular flexibility index (Phi) is 2.86. The number of fused-ring (bicyclic) bond motifs is 10. The fourth-order valence-corrected chi connectivity index (χ4v) is 4.50. The lowest BCUT2D eigenvalue weighted by atomic mass is 9.97. The van der Waals surface area contributed by atoms with E-state index in [4.69, 9.17) is 9.47 Å². The van der Waals surface area contributed by atoms with Crippen molar-refractivity contribution in [2.45, 2.75) is 6.54 Å². The number of hydrogen-bond acceptors (Lipinski definition) is 3. The van der Waals surface area contributed by atoms with Crippen LogP contribution in [-0.4, -0.2) is 30.1 Å². The van der Waals surface area contributed by atoms with Crippen LogP contribution in [0.4, 0.5) is 0 Å². The fourth-order valence-electron chi connectivity index (χ4n) is 4.50. The Morgan fingerprint density at radius 3 is 2.00 bits per heavy atom. The van der Waals surface area contributed by atoms with E-state index in [1.54, 1.807) is 14.2 Å². The summed E-state index contributed by atoms with van der Waals surface area (Å²) in [5, 5.41) is 7.05. The van der Waals surface area contributed by atoms with Crippen molar-refractivity contribution in [1.29, 1.82) is 0 Å². The second-order valence-corrected chi connectivity index (χ2v) is 7.11. The molecule has 28 heavy (non-hydrogen) atoms. The number of aromatic amines is 2. The lowest BCUT2D eigenvalue weighted by Gasteiger charge is -2.05. The van der Waals surface area contributed by atoms with E-state index in [0.29, 0.717) is 6.54 Å². The number of nitrogens with one attached hydrogen (secondary N) is 3. The summed E-state index contributed by atoms with van der Waals surface area (Å²) in [7, 11) is 3.31. The summed E-state index contributed by atoms with van der Waals surface area (Å²) < 4.78 is 10.8. The molecule has 6 heteroatoms. The van der Waals surface area contributed by atoms with Crippen molar-refractivity contribution in [2.75, 3.05) is 14.2 Å². The molecule has 3 heterocycles. The summed E-state index contributed by atoms with van der Waals surface area (Å²) in [4.78, 5) is 19.9. The number of ether oxygens (including phenoxy) is 2. The van der Waals surface area contributed by atoms with E-state index in [1.165, 1.54) is 0 Å². The maximum absolute atomic E-state index is 12.8. The van der Waals surface area contributed by atoms with Gasteiger partial charge in [0.2, 0.25) is 0 Å². The molecular formula is C22H17N3O3. The van der Waals surface area contributed by atoms with Gasteiger partial charge in [-0.1, -0.05) is 0 Å². The molecule has 6 rings (SSSR count). The summed E-state index contributed by atoms with van der Waals surface area (Å²) in [6.45, 7) is 0.515. The molecule has 0 aliphatic carbocycles. The summed E-state index contributed by atoms with van der Waals surface area (Å²) in [6.07, 6.45) is 0. The molecule has 1 amide bonds. The molecule has 0 atom stereocenters. The number of carbonyl (C=O) groups excluding carboxylic acids is 1. The van der Waals surface area contributed by atoms with Crippen molar-refractivity contribution in [1.82, 2.24) is 15.3 Å². The molecule has 0 radical (unpaired) electrons. The van der Waals surface area contributed by atoms with Crippen LogP contribution in [0.15, 0.2) is 36.4 Å². The van der Waals surface area contributed by atoms with Crippen molar-refractivity contribution >= 4 is 49.5 Å². The Morgan fingerprint density at radius 1 is 0.821 bits per heavy atom. The number of benzene rings is 3. The summed E-state index contributed by atoms with van der Waals surface area (Å²) in [6, 6.07) is 11.9. The van der Waals surface area contributed by atoms with Crippen LogP contribution in [0, 0.1) is 0 Å². The minimum atomic E-state index is -0.0390. The number of carbonyl (C=O) groups is 1. The number of hydrogen-bond donors (Lipinski definition) is 3. The predicted molar refractivity (Wildman–Crippen MR) is 109 cm³/mol. The zero-order valence-electron chi connectivity index (χ0n) is 15.4. The van der Waals surface area contributed by atoms with Crippen LogP contribution in [0.5, 0.6) is 11.5 Å². The molecule has 0 saturated heterocycles. The van der Waals surface area contributed by atoms with Gasteiger partial charge in [0.05, 0.1) is 30.8 Å². The average Bonchev–Trinajstić information content (AvgIpc) is 3.39. The van der Waals surface area contributed by atoms with E-state index in [1.807, 2.05) is 36.4 Å². The van der Waals surface area contributed by atoms with Gasteiger partial charge in [0.1, 0.15) is 11.5 Å². The summed E-state index contributed by atoms with van der Waals surface area (Å²) in [5.74, 6) is 1.52. The van der Waals surface area contributed by atoms with Gasteiger partial charge in [0.15, 0.2) is 0 Å². The van der Waals surface area contributed by atoms with E-state index >= 15 is 0 Å². The minimum absolute atomic E-state index is 0.0390. The number of amides is 1. The van der Waals surface area contributed by atoms with Gasteiger partial charge >= 0.3 is 0 Å². The van der Waals surface area contributed by atoms with Crippen LogP contribution >= 0.6 is 0 Å². The smallest absolute Gasteiger partial charge is 0.252 e. The first-order valence-electron chi connectivity index (χ1n) is 9.11. The third-order valence-electron chi connectivity index (χ3n) is 5.77. The highest BCUT2D eigenvalue weighted by Crippen LogP contribution is 2.43. The van der Waals surface area contributed by atoms with Gasteiger partial charge < -0.3 is 24.8 Å². The van der Waals surface area contributed by atoms with E-state index in [9.17, 15) is 4.79 Å². The lowest BCUT2D eigenvalue weighted by molar-refractivity contribution is 0.0967. The fraction of sp³-hybridized carbons (Fsp3) is 0.136. The van der Waals surface area contributed by atoms with E-state index in [2.05, 4.69) is 15.3 Å². The maximum atomic E-state index is 12.8. The second-order valence-electron chi connectivity index (χ2n) is 7.11. The molecule has 6 nitrogen and oxygen atoms in total. The largest absolute Gasteiger partial charge is 0.497 e. The number of H-pyrrole nitrogens is 2. The number of aromatic nitrogens is 2. The van der Waals surface area contributed by atoms with Crippen molar-refractivity contribution in [2.24, 2.45) is 0 Å². The Morgan fingerprint density at radius 2 is 1.39 bits per heavy atom. The molecule has 3 aromatic carbocycles. The van der Waals surface area contributed by atoms with Crippen molar-refractivity contribution in [3.63, 3.8) is 0 Å². The monoisotopic (exact) mass is 371 g/mol. The Bertz CT molecular complexity index is 1460. The Balaban J connectivity index is 1.89. The van der Waals surface area contributed by atoms with Crippen molar-refractivity contribution < 1.29 is 14.3 Å². The quantitative estimate of drug-likeness (QED) is 0.435. The van der Waals surface area contributed by atoms with Gasteiger partial charge in [-0.15, -0.1) is 0 Å². The highest BCUT2D eigenvalue weighted by atomic mass is 16.5. The first-order chi connectivity index (χ1) is 13.7. The zero-order valence-corrected chi connectivity index (χ0v) is 15.4. The highest BCUT2D eigenvalue weighted by Gasteiger charge is 2.29. The van der Waals surface area contributed by atoms with Crippen LogP contribution in [0.25, 0.3) is 43.6 Å². The maximum Gasteiger partial charge on any atom is 0.252 e. The third kappa shape index (κ3) is 1.79. The normalized spacial score (nSPS) is 13.6. The molecule has 0 unspecified atom stereocenters. The van der Waals surface area contributed by atoms with Gasteiger partial charge in [0, 0.05) is 39.1 Å². The molecule has 0 saturated carbocycles. The van der Waals surface area contributed by atoms with Crippen LogP contribution in [0.1, 0.15) is 15.9 Å². The minimum Gasteiger partial charge on any atom is -0.497 e. The number of methoxy groups -OCH3 is 2. The van der Waals surface area contributed by atoms with Crippen LogP contribution < -0.4 is 14.8 Å². The zero-order chi connectivity index (χ0) is 19.0. The summed E-state index contributed by atoms with van der Waals surface area (Å²) >= 11 is 0. The van der Waals surface area contributed by atoms with E-state index < -0.39 is 0 Å². The van der Waals surface area contributed by atoms with Crippen LogP contribution in [0.2, 0.25) is 0 Å². The lowest BCUT2D eigenvalue weighted by Crippen LogP contribution is -2.12. The highest BCUT2D eigenvalue weighted by molar-refractivity contribution is 6.30. The Hall–Kier alpha value is -3.67. The standard InChI is InChI=1S/C22H17N3O3/c1-27-10-3-5-15-12(7-10)17-14-9-23-22(26)19(14)18-13-8-11(28-2)4-6-16(13)25-21(18)20(17)24-15/h3-8,24-25H,9H2,1-2H3,(H,23,26). The predicted octanol–water partition coefficient (Wildman–Crippen LogP) is 4.22. The summed E-state index contributed by atoms with van der Waals surface area (Å²) in [5.41, 5.74) is 5.69. The van der Waals surface area contributed by atoms with Gasteiger partial charge in [-0.3, -0.25) is 4.79 Å². The van der Waals surface area contributed by atoms with Gasteiger partial charge in [-0.25, -0.2) is 0 Å². The number of rotatable bonds is 2. The average molecular weight is 371 g/mol. The topological polar surface area (TPSA) is 79.1 Å². The molecule has 138 valence electrons. The molecule has 5 aromatic rings. The molecule has 1 aliphatic heterocycles. The third-order valence-corrected chi connectivity index (χ3v) is 5.77. The van der Waals surface area contributed by atoms with Gasteiger partial charge in [-0.05, 0) is 42.0 Å². The molecule has 0 bridgehead atoms. The molecule has 2 aromatic heterocycles.